The van der Waals surface area contributed by atoms with E-state index in [1.807, 2.05) is 0 Å². The van der Waals surface area contributed by atoms with Crippen LogP contribution in [0.25, 0.3) is 0 Å². The third-order valence-corrected chi connectivity index (χ3v) is 8.57. The van der Waals surface area contributed by atoms with Gasteiger partial charge in [-0.1, -0.05) is 24.1 Å². The van der Waals surface area contributed by atoms with Crippen LogP contribution in [-0.2, 0) is 10.0 Å². The third-order valence-electron chi connectivity index (χ3n) is 6.12. The lowest BCUT2D eigenvalue weighted by molar-refractivity contribution is 0.0932. The van der Waals surface area contributed by atoms with Crippen molar-refractivity contribution in [3.63, 3.8) is 0 Å². The zero-order valence-electron chi connectivity index (χ0n) is 18.8. The lowest BCUT2D eigenvalue weighted by Crippen LogP contribution is -2.44. The number of amides is 1. The van der Waals surface area contributed by atoms with Crippen molar-refractivity contribution < 1.29 is 17.9 Å². The van der Waals surface area contributed by atoms with Gasteiger partial charge < -0.3 is 15.4 Å². The molecule has 3 unspecified atom stereocenters. The van der Waals surface area contributed by atoms with Crippen LogP contribution in [0.15, 0.2) is 53.4 Å². The standard InChI is InChI=1S/C24H29Cl2N3O4S/c25-18-5-3-4-17(14-18)24(30)28-19-6-1-2-13-29(16-19)34(31,32)22-9-7-20(8-10-22)33-21-11-12-27-23(26)15-21/h3-5,7-10,14,19,21,23,27H,1-2,6,11-13,15-16H2,(H,28,30). The molecule has 1 amide bonds. The highest BCUT2D eigenvalue weighted by Crippen LogP contribution is 2.25. The minimum absolute atomic E-state index is 0.000629. The molecule has 0 aromatic heterocycles. The summed E-state index contributed by atoms with van der Waals surface area (Å²) >= 11 is 12.1. The first-order chi connectivity index (χ1) is 16.3. The Kier molecular flexibility index (Phi) is 8.37. The van der Waals surface area contributed by atoms with E-state index in [0.717, 1.165) is 25.8 Å². The number of hydrogen-bond acceptors (Lipinski definition) is 5. The molecule has 2 aromatic carbocycles. The van der Waals surface area contributed by atoms with Crippen LogP contribution in [0.1, 0.15) is 42.5 Å². The molecule has 3 atom stereocenters. The molecule has 0 spiro atoms. The van der Waals surface area contributed by atoms with E-state index in [0.29, 0.717) is 35.7 Å². The van der Waals surface area contributed by atoms with Crippen molar-refractivity contribution in [2.75, 3.05) is 19.6 Å². The fourth-order valence-corrected chi connectivity index (χ4v) is 6.34. The molecule has 0 radical (unpaired) electrons. The van der Waals surface area contributed by atoms with Gasteiger partial charge in [-0.25, -0.2) is 8.42 Å². The number of ether oxygens (including phenoxy) is 1. The SMILES string of the molecule is O=C(NC1CCCCN(S(=O)(=O)c2ccc(OC3CCNC(Cl)C3)cc2)C1)c1cccc(Cl)c1. The van der Waals surface area contributed by atoms with Crippen LogP contribution >= 0.6 is 23.2 Å². The number of carbonyl (C=O) groups excluding carboxylic acids is 1. The Morgan fingerprint density at radius 3 is 2.65 bits per heavy atom. The van der Waals surface area contributed by atoms with Crippen molar-refractivity contribution in [2.24, 2.45) is 0 Å². The average molecular weight is 526 g/mol. The van der Waals surface area contributed by atoms with Gasteiger partial charge in [0.25, 0.3) is 5.91 Å². The fraction of sp³-hybridized carbons (Fsp3) is 0.458. The quantitative estimate of drug-likeness (QED) is 0.439. The summed E-state index contributed by atoms with van der Waals surface area (Å²) in [5.41, 5.74) is 0.338. The second-order valence-electron chi connectivity index (χ2n) is 8.70. The van der Waals surface area contributed by atoms with Gasteiger partial charge in [0.2, 0.25) is 10.0 Å². The zero-order valence-corrected chi connectivity index (χ0v) is 21.1. The molecule has 2 aliphatic rings. The molecule has 2 N–H and O–H groups in total. The Bertz CT molecular complexity index is 1100. The number of nitrogens with one attached hydrogen (secondary N) is 2. The molecule has 0 bridgehead atoms. The molecular weight excluding hydrogens is 497 g/mol. The number of rotatable bonds is 6. The van der Waals surface area contributed by atoms with Gasteiger partial charge in [-0.05, 0) is 68.3 Å². The molecule has 0 saturated carbocycles. The van der Waals surface area contributed by atoms with E-state index in [2.05, 4.69) is 10.6 Å². The highest BCUT2D eigenvalue weighted by atomic mass is 35.5. The van der Waals surface area contributed by atoms with Crippen molar-refractivity contribution in [3.05, 3.63) is 59.1 Å². The molecule has 4 rings (SSSR count). The molecule has 2 aliphatic heterocycles. The zero-order chi connectivity index (χ0) is 24.1. The highest BCUT2D eigenvalue weighted by molar-refractivity contribution is 7.89. The van der Waals surface area contributed by atoms with E-state index < -0.39 is 10.0 Å². The van der Waals surface area contributed by atoms with Gasteiger partial charge in [0.15, 0.2) is 0 Å². The van der Waals surface area contributed by atoms with Crippen LogP contribution in [0.5, 0.6) is 5.75 Å². The van der Waals surface area contributed by atoms with Gasteiger partial charge in [0.1, 0.15) is 11.9 Å². The molecule has 0 aliphatic carbocycles. The number of hydrogen-bond donors (Lipinski definition) is 2. The van der Waals surface area contributed by atoms with Crippen molar-refractivity contribution in [1.82, 2.24) is 14.9 Å². The van der Waals surface area contributed by atoms with Gasteiger partial charge in [0, 0.05) is 36.1 Å². The summed E-state index contributed by atoms with van der Waals surface area (Å²) in [7, 11) is -3.71. The average Bonchev–Trinajstić information content (AvgIpc) is 3.06. The Balaban J connectivity index is 1.41. The van der Waals surface area contributed by atoms with Crippen LogP contribution in [0.2, 0.25) is 5.02 Å². The fourth-order valence-electron chi connectivity index (χ4n) is 4.31. The number of sulfonamides is 1. The first-order valence-electron chi connectivity index (χ1n) is 11.5. The molecule has 34 heavy (non-hydrogen) atoms. The van der Waals surface area contributed by atoms with E-state index in [1.54, 1.807) is 48.5 Å². The van der Waals surface area contributed by atoms with Gasteiger partial charge in [-0.2, -0.15) is 4.31 Å². The van der Waals surface area contributed by atoms with Gasteiger partial charge in [-0.15, -0.1) is 11.6 Å². The monoisotopic (exact) mass is 525 g/mol. The van der Waals surface area contributed by atoms with Crippen molar-refractivity contribution in [1.29, 1.82) is 0 Å². The van der Waals surface area contributed by atoms with E-state index in [-0.39, 0.29) is 35.0 Å². The predicted octanol–water partition coefficient (Wildman–Crippen LogP) is 4.01. The lowest BCUT2D eigenvalue weighted by Gasteiger charge is -2.27. The van der Waals surface area contributed by atoms with Crippen LogP contribution in [0.3, 0.4) is 0 Å². The molecule has 2 aromatic rings. The van der Waals surface area contributed by atoms with Crippen LogP contribution in [-0.4, -0.2) is 55.9 Å². The van der Waals surface area contributed by atoms with Crippen LogP contribution in [0.4, 0.5) is 0 Å². The molecular formula is C24H29Cl2N3O4S. The second kappa shape index (κ2) is 11.3. The van der Waals surface area contributed by atoms with Gasteiger partial charge >= 0.3 is 0 Å². The summed E-state index contributed by atoms with van der Waals surface area (Å²) in [5.74, 6) is 0.364. The molecule has 2 fully saturated rings. The van der Waals surface area contributed by atoms with Crippen molar-refractivity contribution in [2.45, 2.75) is 54.6 Å². The Morgan fingerprint density at radius 2 is 1.91 bits per heavy atom. The first kappa shape index (κ1) is 25.3. The Morgan fingerprint density at radius 1 is 1.12 bits per heavy atom. The predicted molar refractivity (Wildman–Crippen MR) is 133 cm³/mol. The van der Waals surface area contributed by atoms with E-state index in [9.17, 15) is 13.2 Å². The number of carbonyl (C=O) groups is 1. The number of nitrogens with zero attached hydrogens (tertiary/aromatic N) is 1. The maximum Gasteiger partial charge on any atom is 0.251 e. The van der Waals surface area contributed by atoms with Gasteiger partial charge in [-0.3, -0.25) is 4.79 Å². The van der Waals surface area contributed by atoms with E-state index in [1.165, 1.54) is 4.31 Å². The summed E-state index contributed by atoms with van der Waals surface area (Å²) in [6, 6.07) is 13.0. The highest BCUT2D eigenvalue weighted by Gasteiger charge is 2.30. The number of alkyl halides is 1. The smallest absolute Gasteiger partial charge is 0.251 e. The second-order valence-corrected chi connectivity index (χ2v) is 11.6. The molecule has 184 valence electrons. The minimum atomic E-state index is -3.71. The topological polar surface area (TPSA) is 87.7 Å². The van der Waals surface area contributed by atoms with E-state index >= 15 is 0 Å². The van der Waals surface area contributed by atoms with Crippen molar-refractivity contribution in [3.8, 4) is 5.75 Å². The minimum Gasteiger partial charge on any atom is -0.490 e. The summed E-state index contributed by atoms with van der Waals surface area (Å²) in [4.78, 5) is 12.9. The van der Waals surface area contributed by atoms with E-state index in [4.69, 9.17) is 27.9 Å². The summed E-state index contributed by atoms with van der Waals surface area (Å²) in [6.45, 7) is 1.42. The van der Waals surface area contributed by atoms with Crippen LogP contribution < -0.4 is 15.4 Å². The van der Waals surface area contributed by atoms with Gasteiger partial charge in [0.05, 0.1) is 10.4 Å². The molecule has 10 heteroatoms. The maximum atomic E-state index is 13.4. The Labute approximate surface area is 210 Å². The molecule has 2 saturated heterocycles. The molecule has 7 nitrogen and oxygen atoms in total. The van der Waals surface area contributed by atoms with Crippen molar-refractivity contribution >= 4 is 39.1 Å². The number of benzene rings is 2. The summed E-state index contributed by atoms with van der Waals surface area (Å²) in [6.07, 6.45) is 3.82. The lowest BCUT2D eigenvalue weighted by atomic mass is 10.1. The first-order valence-corrected chi connectivity index (χ1v) is 13.8. The number of piperidine rings is 1. The third kappa shape index (κ3) is 6.43. The van der Waals surface area contributed by atoms with Crippen LogP contribution in [0, 0.1) is 0 Å². The maximum absolute atomic E-state index is 13.4. The summed E-state index contributed by atoms with van der Waals surface area (Å²) in [5, 5.41) is 6.62. The number of halogens is 2. The summed E-state index contributed by atoms with van der Waals surface area (Å²) < 4.78 is 34.2. The largest absolute Gasteiger partial charge is 0.490 e. The Hall–Kier alpha value is -1.84. The molecule has 2 heterocycles. The normalized spacial score (nSPS) is 24.2.